The normalized spacial score (nSPS) is 9.87. The lowest BCUT2D eigenvalue weighted by Gasteiger charge is -2.04. The number of nitrogens with one attached hydrogen (secondary N) is 1. The fourth-order valence-electron chi connectivity index (χ4n) is 1.12. The van der Waals surface area contributed by atoms with Gasteiger partial charge < -0.3 is 11.1 Å². The number of pyridine rings is 1. The molecule has 0 aliphatic heterocycles. The quantitative estimate of drug-likeness (QED) is 0.776. The van der Waals surface area contributed by atoms with Crippen LogP contribution in [0.25, 0.3) is 0 Å². The molecule has 2 rings (SSSR count). The number of aromatic nitrogens is 3. The standard InChI is InChI=1S/C10H11N5/c11-9-6-15-10(7-13-9)14-5-8-2-1-3-12-4-8/h1-4,6-7H,5H2,(H2,11,13)(H,14,15). The average Bonchev–Trinajstić information content (AvgIpc) is 2.30. The van der Waals surface area contributed by atoms with Crippen molar-refractivity contribution >= 4 is 11.6 Å². The first-order valence-corrected chi connectivity index (χ1v) is 4.55. The molecule has 0 aliphatic rings. The molecule has 0 fully saturated rings. The highest BCUT2D eigenvalue weighted by Crippen LogP contribution is 2.04. The van der Waals surface area contributed by atoms with Crippen molar-refractivity contribution in [3.05, 3.63) is 42.5 Å². The van der Waals surface area contributed by atoms with E-state index in [1.165, 1.54) is 6.20 Å². The van der Waals surface area contributed by atoms with Crippen molar-refractivity contribution in [3.8, 4) is 0 Å². The Kier molecular flexibility index (Phi) is 2.73. The van der Waals surface area contributed by atoms with Gasteiger partial charge in [0.05, 0.1) is 12.4 Å². The molecule has 0 saturated carbocycles. The first kappa shape index (κ1) is 9.39. The van der Waals surface area contributed by atoms with Crippen LogP contribution in [0.3, 0.4) is 0 Å². The molecule has 2 heterocycles. The van der Waals surface area contributed by atoms with Crippen LogP contribution in [0.15, 0.2) is 36.9 Å². The van der Waals surface area contributed by atoms with Crippen molar-refractivity contribution in [2.75, 3.05) is 11.1 Å². The van der Waals surface area contributed by atoms with Crippen molar-refractivity contribution in [1.82, 2.24) is 15.0 Å². The number of anilines is 2. The van der Waals surface area contributed by atoms with Crippen molar-refractivity contribution in [1.29, 1.82) is 0 Å². The summed E-state index contributed by atoms with van der Waals surface area (Å²) in [5, 5.41) is 3.12. The van der Waals surface area contributed by atoms with Crippen LogP contribution in [0, 0.1) is 0 Å². The maximum atomic E-state index is 5.42. The summed E-state index contributed by atoms with van der Waals surface area (Å²) in [6.45, 7) is 0.673. The van der Waals surface area contributed by atoms with Gasteiger partial charge in [0.2, 0.25) is 0 Å². The van der Waals surface area contributed by atoms with Crippen LogP contribution in [-0.2, 0) is 6.54 Å². The summed E-state index contributed by atoms with van der Waals surface area (Å²) in [6, 6.07) is 3.89. The number of rotatable bonds is 3. The van der Waals surface area contributed by atoms with Crippen molar-refractivity contribution in [2.45, 2.75) is 6.54 Å². The zero-order chi connectivity index (χ0) is 10.5. The van der Waals surface area contributed by atoms with Gasteiger partial charge >= 0.3 is 0 Å². The molecule has 2 aromatic heterocycles. The van der Waals surface area contributed by atoms with Crippen LogP contribution in [0.1, 0.15) is 5.56 Å². The molecule has 5 heteroatoms. The molecule has 0 atom stereocenters. The van der Waals surface area contributed by atoms with E-state index in [1.54, 1.807) is 18.6 Å². The smallest absolute Gasteiger partial charge is 0.144 e. The maximum absolute atomic E-state index is 5.42. The third-order valence-electron chi connectivity index (χ3n) is 1.87. The van der Waals surface area contributed by atoms with Gasteiger partial charge in [-0.3, -0.25) is 4.98 Å². The predicted molar refractivity (Wildman–Crippen MR) is 58.0 cm³/mol. The van der Waals surface area contributed by atoms with Crippen LogP contribution in [0.5, 0.6) is 0 Å². The van der Waals surface area contributed by atoms with E-state index in [9.17, 15) is 0 Å². The Labute approximate surface area is 87.4 Å². The highest BCUT2D eigenvalue weighted by Gasteiger charge is 1.95. The lowest BCUT2D eigenvalue weighted by molar-refractivity contribution is 1.07. The lowest BCUT2D eigenvalue weighted by atomic mass is 10.3. The molecule has 0 aromatic carbocycles. The maximum Gasteiger partial charge on any atom is 0.144 e. The van der Waals surface area contributed by atoms with Crippen LogP contribution in [-0.4, -0.2) is 15.0 Å². The summed E-state index contributed by atoms with van der Waals surface area (Å²) in [7, 11) is 0. The number of nitrogens with zero attached hydrogens (tertiary/aromatic N) is 3. The molecule has 0 saturated heterocycles. The van der Waals surface area contributed by atoms with Gasteiger partial charge in [-0.2, -0.15) is 0 Å². The predicted octanol–water partition coefficient (Wildman–Crippen LogP) is 1.07. The molecular formula is C10H11N5. The Hall–Kier alpha value is -2.17. The second-order valence-electron chi connectivity index (χ2n) is 3.04. The summed E-state index contributed by atoms with van der Waals surface area (Å²) >= 11 is 0. The SMILES string of the molecule is Nc1cnc(NCc2cccnc2)cn1. The van der Waals surface area contributed by atoms with Crippen LogP contribution in [0.2, 0.25) is 0 Å². The fraction of sp³-hybridized carbons (Fsp3) is 0.100. The van der Waals surface area contributed by atoms with Gasteiger partial charge in [0, 0.05) is 18.9 Å². The number of hydrogen-bond donors (Lipinski definition) is 2. The highest BCUT2D eigenvalue weighted by atomic mass is 15.0. The first-order chi connectivity index (χ1) is 7.34. The van der Waals surface area contributed by atoms with Gasteiger partial charge in [-0.25, -0.2) is 9.97 Å². The zero-order valence-electron chi connectivity index (χ0n) is 8.09. The van der Waals surface area contributed by atoms with Gasteiger partial charge in [-0.15, -0.1) is 0 Å². The highest BCUT2D eigenvalue weighted by molar-refractivity contribution is 5.36. The van der Waals surface area contributed by atoms with Crippen LogP contribution < -0.4 is 11.1 Å². The monoisotopic (exact) mass is 201 g/mol. The summed E-state index contributed by atoms with van der Waals surface area (Å²) in [4.78, 5) is 12.0. The van der Waals surface area contributed by atoms with Crippen molar-refractivity contribution in [2.24, 2.45) is 0 Å². The average molecular weight is 201 g/mol. The van der Waals surface area contributed by atoms with E-state index in [0.29, 0.717) is 18.2 Å². The van der Waals surface area contributed by atoms with Gasteiger partial charge in [0.25, 0.3) is 0 Å². The molecular weight excluding hydrogens is 190 g/mol. The summed E-state index contributed by atoms with van der Waals surface area (Å²) in [5.74, 6) is 1.12. The van der Waals surface area contributed by atoms with Crippen LogP contribution >= 0.6 is 0 Å². The van der Waals surface area contributed by atoms with Crippen molar-refractivity contribution < 1.29 is 0 Å². The number of nitrogen functional groups attached to an aromatic ring is 1. The fourth-order valence-corrected chi connectivity index (χ4v) is 1.12. The minimum Gasteiger partial charge on any atom is -0.382 e. The van der Waals surface area contributed by atoms with Crippen molar-refractivity contribution in [3.63, 3.8) is 0 Å². The minimum absolute atomic E-state index is 0.418. The molecule has 15 heavy (non-hydrogen) atoms. The van der Waals surface area contributed by atoms with E-state index in [4.69, 9.17) is 5.73 Å². The van der Waals surface area contributed by atoms with E-state index in [-0.39, 0.29) is 0 Å². The molecule has 3 N–H and O–H groups in total. The van der Waals surface area contributed by atoms with Gasteiger partial charge in [0.15, 0.2) is 0 Å². The number of hydrogen-bond acceptors (Lipinski definition) is 5. The number of nitrogens with two attached hydrogens (primary N) is 1. The molecule has 0 unspecified atom stereocenters. The molecule has 0 radical (unpaired) electrons. The molecule has 76 valence electrons. The Balaban J connectivity index is 1.96. The van der Waals surface area contributed by atoms with Gasteiger partial charge in [-0.1, -0.05) is 6.07 Å². The molecule has 0 amide bonds. The van der Waals surface area contributed by atoms with Crippen LogP contribution in [0.4, 0.5) is 11.6 Å². The largest absolute Gasteiger partial charge is 0.382 e. The third-order valence-corrected chi connectivity index (χ3v) is 1.87. The first-order valence-electron chi connectivity index (χ1n) is 4.55. The van der Waals surface area contributed by atoms with Gasteiger partial charge in [0.1, 0.15) is 11.6 Å². The lowest BCUT2D eigenvalue weighted by Crippen LogP contribution is -2.02. The molecule has 0 spiro atoms. The summed E-state index contributed by atoms with van der Waals surface area (Å²) in [6.07, 6.45) is 6.67. The Bertz CT molecular complexity index is 412. The second-order valence-corrected chi connectivity index (χ2v) is 3.04. The van der Waals surface area contributed by atoms with E-state index in [2.05, 4.69) is 20.3 Å². The Morgan fingerprint density at radius 3 is 2.80 bits per heavy atom. The Morgan fingerprint density at radius 2 is 2.13 bits per heavy atom. The molecule has 5 nitrogen and oxygen atoms in total. The molecule has 0 bridgehead atoms. The third kappa shape index (κ3) is 2.63. The summed E-state index contributed by atoms with van der Waals surface area (Å²) in [5.41, 5.74) is 6.52. The zero-order valence-corrected chi connectivity index (χ0v) is 8.09. The second kappa shape index (κ2) is 4.36. The van der Waals surface area contributed by atoms with E-state index in [0.717, 1.165) is 5.56 Å². The van der Waals surface area contributed by atoms with Gasteiger partial charge in [-0.05, 0) is 11.6 Å². The molecule has 0 aliphatic carbocycles. The Morgan fingerprint density at radius 1 is 1.20 bits per heavy atom. The summed E-state index contributed by atoms with van der Waals surface area (Å²) < 4.78 is 0. The molecule has 2 aromatic rings. The van der Waals surface area contributed by atoms with E-state index in [1.807, 2.05) is 12.1 Å². The van der Waals surface area contributed by atoms with E-state index < -0.39 is 0 Å². The minimum atomic E-state index is 0.418. The topological polar surface area (TPSA) is 76.7 Å². The van der Waals surface area contributed by atoms with E-state index >= 15 is 0 Å².